The summed E-state index contributed by atoms with van der Waals surface area (Å²) in [6.45, 7) is 0. The highest BCUT2D eigenvalue weighted by molar-refractivity contribution is 8.18. The number of hydrogen-bond acceptors (Lipinski definition) is 6. The molecule has 0 N–H and O–H groups in total. The van der Waals surface area contributed by atoms with Crippen molar-refractivity contribution >= 4 is 34.8 Å². The summed E-state index contributed by atoms with van der Waals surface area (Å²) in [6, 6.07) is 2.68. The molecule has 1 amide bonds. The number of thioether (sulfide) groups is 1. The minimum Gasteiger partial charge on any atom is -0.401 e. The molecule has 0 radical (unpaired) electrons. The van der Waals surface area contributed by atoms with Crippen LogP contribution in [0.4, 0.5) is 5.88 Å². The van der Waals surface area contributed by atoms with Gasteiger partial charge in [-0.1, -0.05) is 0 Å². The predicted molar refractivity (Wildman–Crippen MR) is 67.1 cm³/mol. The molecule has 0 saturated carbocycles. The molecule has 0 aromatic carbocycles. The van der Waals surface area contributed by atoms with Gasteiger partial charge in [-0.05, 0) is 17.8 Å². The smallest absolute Gasteiger partial charge is 0.401 e. The molecule has 0 spiro atoms. The first-order valence-corrected chi connectivity index (χ1v) is 5.73. The van der Waals surface area contributed by atoms with Crippen LogP contribution in [0.5, 0.6) is 0 Å². The average molecular weight is 267 g/mol. The van der Waals surface area contributed by atoms with Crippen LogP contribution in [-0.2, 0) is 4.79 Å². The zero-order valence-electron chi connectivity index (χ0n) is 9.61. The summed E-state index contributed by atoms with van der Waals surface area (Å²) in [5.41, 5.74) is 0. The van der Waals surface area contributed by atoms with E-state index < -0.39 is 4.92 Å². The monoisotopic (exact) mass is 267 g/mol. The topological polar surface area (TPSA) is 89.0 Å². The van der Waals surface area contributed by atoms with Gasteiger partial charge in [-0.3, -0.25) is 14.9 Å². The predicted octanol–water partition coefficient (Wildman–Crippen LogP) is 1.72. The molecule has 94 valence electrons. The first-order valence-electron chi connectivity index (χ1n) is 4.91. The van der Waals surface area contributed by atoms with E-state index in [-0.39, 0.29) is 17.6 Å². The third-order valence-electron chi connectivity index (χ3n) is 2.06. The number of amides is 1. The van der Waals surface area contributed by atoms with Crippen molar-refractivity contribution < 1.29 is 14.1 Å². The van der Waals surface area contributed by atoms with Crippen molar-refractivity contribution in [1.29, 1.82) is 0 Å². The Morgan fingerprint density at radius 1 is 1.50 bits per heavy atom. The Hall–Kier alpha value is -2.09. The largest absolute Gasteiger partial charge is 0.433 e. The first-order chi connectivity index (χ1) is 8.47. The van der Waals surface area contributed by atoms with E-state index in [1.54, 1.807) is 19.0 Å². The maximum Gasteiger partial charge on any atom is 0.433 e. The Morgan fingerprint density at radius 2 is 2.22 bits per heavy atom. The van der Waals surface area contributed by atoms with Crippen LogP contribution >= 0.6 is 11.8 Å². The molecule has 2 heterocycles. The number of carbonyl (C=O) groups excluding carboxylic acids is 1. The summed E-state index contributed by atoms with van der Waals surface area (Å²) in [5, 5.41) is 11.0. The van der Waals surface area contributed by atoms with Crippen LogP contribution in [0.3, 0.4) is 0 Å². The van der Waals surface area contributed by atoms with Gasteiger partial charge in [0.1, 0.15) is 10.7 Å². The molecule has 2 rings (SSSR count). The van der Waals surface area contributed by atoms with E-state index in [2.05, 4.69) is 4.99 Å². The molecule has 18 heavy (non-hydrogen) atoms. The van der Waals surface area contributed by atoms with Crippen molar-refractivity contribution in [3.05, 3.63) is 32.9 Å². The van der Waals surface area contributed by atoms with Crippen molar-refractivity contribution in [2.75, 3.05) is 14.1 Å². The van der Waals surface area contributed by atoms with E-state index in [0.29, 0.717) is 10.1 Å². The summed E-state index contributed by atoms with van der Waals surface area (Å²) in [7, 11) is 3.56. The fourth-order valence-corrected chi connectivity index (χ4v) is 2.05. The fraction of sp³-hybridized carbons (Fsp3) is 0.200. The molecule has 1 aromatic rings. The van der Waals surface area contributed by atoms with E-state index in [0.717, 1.165) is 0 Å². The minimum absolute atomic E-state index is 0.257. The molecule has 0 fully saturated rings. The second kappa shape index (κ2) is 4.65. The second-order valence-electron chi connectivity index (χ2n) is 3.64. The maximum absolute atomic E-state index is 11.6. The number of furan rings is 1. The summed E-state index contributed by atoms with van der Waals surface area (Å²) in [6.07, 6.45) is 1.44. The molecule has 0 atom stereocenters. The fourth-order valence-electron chi connectivity index (χ4n) is 1.24. The van der Waals surface area contributed by atoms with Gasteiger partial charge in [0, 0.05) is 20.2 Å². The number of amidine groups is 1. The number of hydrogen-bond donors (Lipinski definition) is 0. The Morgan fingerprint density at radius 3 is 2.72 bits per heavy atom. The van der Waals surface area contributed by atoms with Gasteiger partial charge < -0.3 is 9.32 Å². The molecular formula is C10H9N3O4S. The van der Waals surface area contributed by atoms with E-state index in [1.807, 2.05) is 0 Å². The SMILES string of the molecule is CN(C)C1=NC(=O)/C(=C\c2ccc([N+](=O)[O-])o2)S1. The lowest BCUT2D eigenvalue weighted by atomic mass is 10.4. The summed E-state index contributed by atoms with van der Waals surface area (Å²) in [4.78, 5) is 27.3. The third kappa shape index (κ3) is 2.43. The molecule has 8 heteroatoms. The molecule has 7 nitrogen and oxygen atoms in total. The number of carbonyl (C=O) groups is 1. The normalized spacial score (nSPS) is 17.1. The summed E-state index contributed by atoms with van der Waals surface area (Å²) < 4.78 is 4.95. The maximum atomic E-state index is 11.6. The van der Waals surface area contributed by atoms with Crippen LogP contribution < -0.4 is 0 Å². The number of rotatable bonds is 2. The lowest BCUT2D eigenvalue weighted by molar-refractivity contribution is -0.402. The number of nitrogens with zero attached hydrogens (tertiary/aromatic N) is 3. The van der Waals surface area contributed by atoms with E-state index >= 15 is 0 Å². The lowest BCUT2D eigenvalue weighted by Crippen LogP contribution is -2.16. The highest BCUT2D eigenvalue weighted by Gasteiger charge is 2.23. The summed E-state index contributed by atoms with van der Waals surface area (Å²) in [5.74, 6) is -0.471. The quantitative estimate of drug-likeness (QED) is 0.460. The molecule has 0 bridgehead atoms. The molecule has 0 aliphatic carbocycles. The first kappa shape index (κ1) is 12.4. The van der Waals surface area contributed by atoms with Gasteiger partial charge in [-0.25, -0.2) is 0 Å². The van der Waals surface area contributed by atoms with Gasteiger partial charge in [-0.2, -0.15) is 4.99 Å². The molecule has 0 saturated heterocycles. The summed E-state index contributed by atoms with van der Waals surface area (Å²) >= 11 is 1.20. The van der Waals surface area contributed by atoms with E-state index in [4.69, 9.17) is 4.42 Å². The van der Waals surface area contributed by atoms with Crippen molar-refractivity contribution in [3.63, 3.8) is 0 Å². The number of nitro groups is 1. The van der Waals surface area contributed by atoms with Gasteiger partial charge >= 0.3 is 5.88 Å². The van der Waals surface area contributed by atoms with Gasteiger partial charge in [-0.15, -0.1) is 0 Å². The lowest BCUT2D eigenvalue weighted by Gasteiger charge is -2.08. The Balaban J connectivity index is 2.20. The van der Waals surface area contributed by atoms with Gasteiger partial charge in [0.25, 0.3) is 5.91 Å². The molecule has 1 aliphatic heterocycles. The zero-order valence-corrected chi connectivity index (χ0v) is 10.4. The van der Waals surface area contributed by atoms with Crippen LogP contribution in [-0.4, -0.2) is 35.0 Å². The molecular weight excluding hydrogens is 258 g/mol. The van der Waals surface area contributed by atoms with Crippen LogP contribution in [0.1, 0.15) is 5.76 Å². The number of aliphatic imine (C=N–C) groups is 1. The van der Waals surface area contributed by atoms with Crippen molar-refractivity contribution in [1.82, 2.24) is 4.90 Å². The van der Waals surface area contributed by atoms with Crippen molar-refractivity contribution in [3.8, 4) is 0 Å². The highest BCUT2D eigenvalue weighted by atomic mass is 32.2. The third-order valence-corrected chi connectivity index (χ3v) is 3.21. The van der Waals surface area contributed by atoms with Gasteiger partial charge in [0.2, 0.25) is 0 Å². The standard InChI is InChI=1S/C10H9N3O4S/c1-12(2)10-11-9(14)7(18-10)5-6-3-4-8(17-6)13(15)16/h3-5H,1-2H3/b7-5+. The van der Waals surface area contributed by atoms with Crippen molar-refractivity contribution in [2.24, 2.45) is 4.99 Å². The molecule has 1 aliphatic rings. The molecule has 0 unspecified atom stereocenters. The van der Waals surface area contributed by atoms with Gasteiger partial charge in [0.15, 0.2) is 5.17 Å². The van der Waals surface area contributed by atoms with Crippen molar-refractivity contribution in [2.45, 2.75) is 0 Å². The molecule has 1 aromatic heterocycles. The Labute approximate surface area is 106 Å². The second-order valence-corrected chi connectivity index (χ2v) is 4.65. The van der Waals surface area contributed by atoms with Crippen LogP contribution in [0, 0.1) is 10.1 Å². The van der Waals surface area contributed by atoms with E-state index in [9.17, 15) is 14.9 Å². The minimum atomic E-state index is -0.632. The van der Waals surface area contributed by atoms with Crippen LogP contribution in [0.15, 0.2) is 26.4 Å². The van der Waals surface area contributed by atoms with Crippen LogP contribution in [0.25, 0.3) is 6.08 Å². The van der Waals surface area contributed by atoms with E-state index in [1.165, 1.54) is 30.0 Å². The Bertz CT molecular complexity index is 573. The average Bonchev–Trinajstić information content (AvgIpc) is 2.87. The van der Waals surface area contributed by atoms with Crippen LogP contribution in [0.2, 0.25) is 0 Å². The Kier molecular flexibility index (Phi) is 3.19. The highest BCUT2D eigenvalue weighted by Crippen LogP contribution is 2.30. The van der Waals surface area contributed by atoms with Gasteiger partial charge in [0.05, 0.1) is 11.0 Å². The zero-order chi connectivity index (χ0) is 13.3.